The number of alkyl halides is 6. The summed E-state index contributed by atoms with van der Waals surface area (Å²) < 4.78 is 69.2. The molecule has 0 saturated carbocycles. The summed E-state index contributed by atoms with van der Waals surface area (Å²) in [5.74, 6) is -5.51. The van der Waals surface area contributed by atoms with Crippen molar-refractivity contribution in [2.45, 2.75) is 31.3 Å². The third-order valence-electron chi connectivity index (χ3n) is 2.66. The summed E-state index contributed by atoms with van der Waals surface area (Å²) >= 11 is 0. The van der Waals surface area contributed by atoms with Crippen LogP contribution in [-0.4, -0.2) is 85.8 Å². The molecule has 0 aromatic rings. The molecule has 0 spiro atoms. The van der Waals surface area contributed by atoms with Crippen molar-refractivity contribution in [2.75, 3.05) is 40.3 Å². The molecule has 0 aromatic heterocycles. The minimum absolute atomic E-state index is 0.506. The lowest BCUT2D eigenvalue weighted by Gasteiger charge is -2.23. The van der Waals surface area contributed by atoms with Crippen LogP contribution in [-0.2, 0) is 14.3 Å². The Labute approximate surface area is 145 Å². The predicted molar refractivity (Wildman–Crippen MR) is 77.8 cm³/mol. The van der Waals surface area contributed by atoms with Crippen molar-refractivity contribution in [3.05, 3.63) is 0 Å². The van der Waals surface area contributed by atoms with Crippen molar-refractivity contribution >= 4 is 11.9 Å². The van der Waals surface area contributed by atoms with Crippen LogP contribution in [0.4, 0.5) is 26.3 Å². The molecule has 1 rings (SSSR count). The van der Waals surface area contributed by atoms with E-state index in [2.05, 4.69) is 24.3 Å². The first-order valence-corrected chi connectivity index (χ1v) is 7.25. The van der Waals surface area contributed by atoms with Gasteiger partial charge in [0.1, 0.15) is 0 Å². The standard InChI is InChI=1S/C9H20N2O.2C2HF3O2/c1-11(2)7-8-12-9-3-5-10-6-4-9;2*3-2(4,5)1(6)7/h9-10H,3-8H2,1-2H3;2*(H,6,7). The van der Waals surface area contributed by atoms with Crippen LogP contribution in [0.1, 0.15) is 12.8 Å². The van der Waals surface area contributed by atoms with Gasteiger partial charge in [-0.25, -0.2) is 9.59 Å². The fraction of sp³-hybridized carbons (Fsp3) is 0.846. The second-order valence-corrected chi connectivity index (χ2v) is 5.23. The first-order chi connectivity index (χ1) is 11.7. The minimum Gasteiger partial charge on any atom is -0.475 e. The Morgan fingerprint density at radius 2 is 1.35 bits per heavy atom. The van der Waals surface area contributed by atoms with Gasteiger partial charge in [0.15, 0.2) is 0 Å². The van der Waals surface area contributed by atoms with E-state index in [-0.39, 0.29) is 0 Å². The maximum atomic E-state index is 10.6. The van der Waals surface area contributed by atoms with E-state index in [9.17, 15) is 26.3 Å². The zero-order chi connectivity index (χ0) is 21.0. The Kier molecular flexibility index (Phi) is 13.0. The van der Waals surface area contributed by atoms with Gasteiger partial charge in [-0.1, -0.05) is 0 Å². The highest BCUT2D eigenvalue weighted by Gasteiger charge is 2.38. The molecule has 0 unspecified atom stereocenters. The number of hydrogen-bond donors (Lipinski definition) is 3. The first-order valence-electron chi connectivity index (χ1n) is 7.25. The summed E-state index contributed by atoms with van der Waals surface area (Å²) in [6.45, 7) is 4.14. The Balaban J connectivity index is 0. The molecule has 7 nitrogen and oxygen atoms in total. The molecule has 0 aliphatic carbocycles. The van der Waals surface area contributed by atoms with E-state index in [1.807, 2.05) is 0 Å². The molecule has 0 bridgehead atoms. The monoisotopic (exact) mass is 400 g/mol. The number of halogens is 6. The molecule has 0 aromatic carbocycles. The van der Waals surface area contributed by atoms with Crippen LogP contribution in [0.5, 0.6) is 0 Å². The molecule has 0 atom stereocenters. The second-order valence-electron chi connectivity index (χ2n) is 5.23. The van der Waals surface area contributed by atoms with Gasteiger partial charge in [0.25, 0.3) is 0 Å². The number of carboxylic acids is 2. The van der Waals surface area contributed by atoms with Crippen LogP contribution < -0.4 is 5.32 Å². The van der Waals surface area contributed by atoms with E-state index in [1.54, 1.807) is 0 Å². The summed E-state index contributed by atoms with van der Waals surface area (Å²) in [6.07, 6.45) is -7.31. The Morgan fingerprint density at radius 3 is 1.62 bits per heavy atom. The number of aliphatic carboxylic acids is 2. The normalized spacial score (nSPS) is 15.4. The largest absolute Gasteiger partial charge is 0.490 e. The van der Waals surface area contributed by atoms with Crippen LogP contribution in [0.2, 0.25) is 0 Å². The van der Waals surface area contributed by atoms with Gasteiger partial charge in [-0.2, -0.15) is 26.3 Å². The summed E-state index contributed by atoms with van der Waals surface area (Å²) in [5.41, 5.74) is 0. The van der Waals surface area contributed by atoms with Crippen molar-refractivity contribution in [2.24, 2.45) is 0 Å². The fourth-order valence-corrected chi connectivity index (χ4v) is 1.36. The molecule has 1 aliphatic rings. The SMILES string of the molecule is CN(C)CCOC1CCNCC1.O=C(O)C(F)(F)F.O=C(O)C(F)(F)F. The number of nitrogens with zero attached hydrogens (tertiary/aromatic N) is 1. The van der Waals surface area contributed by atoms with E-state index in [4.69, 9.17) is 24.5 Å². The molecule has 1 fully saturated rings. The molecule has 156 valence electrons. The number of nitrogens with one attached hydrogen (secondary N) is 1. The zero-order valence-corrected chi connectivity index (χ0v) is 14.2. The molecule has 26 heavy (non-hydrogen) atoms. The maximum Gasteiger partial charge on any atom is 0.490 e. The van der Waals surface area contributed by atoms with Crippen molar-refractivity contribution in [1.82, 2.24) is 10.2 Å². The van der Waals surface area contributed by atoms with Gasteiger partial charge in [-0.3, -0.25) is 0 Å². The summed E-state index contributed by atoms with van der Waals surface area (Å²) in [5, 5.41) is 17.6. The van der Waals surface area contributed by atoms with E-state index < -0.39 is 24.3 Å². The number of carbonyl (C=O) groups is 2. The highest BCUT2D eigenvalue weighted by atomic mass is 19.4. The van der Waals surface area contributed by atoms with Gasteiger partial charge < -0.3 is 25.2 Å². The van der Waals surface area contributed by atoms with Crippen LogP contribution in [0, 0.1) is 0 Å². The van der Waals surface area contributed by atoms with E-state index >= 15 is 0 Å². The minimum atomic E-state index is -5.08. The van der Waals surface area contributed by atoms with E-state index in [0.29, 0.717) is 6.10 Å². The topological polar surface area (TPSA) is 99.1 Å². The second kappa shape index (κ2) is 12.7. The molecule has 0 radical (unpaired) electrons. The third-order valence-corrected chi connectivity index (χ3v) is 2.66. The quantitative estimate of drug-likeness (QED) is 0.617. The average molecular weight is 400 g/mol. The van der Waals surface area contributed by atoms with Crippen molar-refractivity contribution in [1.29, 1.82) is 0 Å². The van der Waals surface area contributed by atoms with Crippen LogP contribution in [0.25, 0.3) is 0 Å². The van der Waals surface area contributed by atoms with Gasteiger partial charge >= 0.3 is 24.3 Å². The first kappa shape index (κ1) is 26.6. The number of hydrogen-bond acceptors (Lipinski definition) is 5. The zero-order valence-electron chi connectivity index (χ0n) is 14.2. The lowest BCUT2D eigenvalue weighted by molar-refractivity contribution is -0.193. The number of rotatable bonds is 4. The highest BCUT2D eigenvalue weighted by Crippen LogP contribution is 2.13. The number of ether oxygens (including phenoxy) is 1. The Morgan fingerprint density at radius 1 is 1.00 bits per heavy atom. The number of carboxylic acid groups (broad SMARTS) is 2. The average Bonchev–Trinajstić information content (AvgIpc) is 2.47. The molecular weight excluding hydrogens is 378 g/mol. The predicted octanol–water partition coefficient (Wildman–Crippen LogP) is 1.58. The van der Waals surface area contributed by atoms with Gasteiger partial charge in [0, 0.05) is 6.54 Å². The number of likely N-dealkylation sites (N-methyl/N-ethyl adjacent to an activating group) is 1. The van der Waals surface area contributed by atoms with Gasteiger partial charge in [0.2, 0.25) is 0 Å². The van der Waals surface area contributed by atoms with E-state index in [1.165, 1.54) is 12.8 Å². The van der Waals surface area contributed by atoms with E-state index in [0.717, 1.165) is 26.2 Å². The smallest absolute Gasteiger partial charge is 0.475 e. The molecule has 1 saturated heterocycles. The van der Waals surface area contributed by atoms with Gasteiger partial charge in [-0.15, -0.1) is 0 Å². The lowest BCUT2D eigenvalue weighted by Crippen LogP contribution is -2.33. The molecule has 13 heteroatoms. The van der Waals surface area contributed by atoms with Crippen molar-refractivity contribution in [3.63, 3.8) is 0 Å². The van der Waals surface area contributed by atoms with Crippen LogP contribution >= 0.6 is 0 Å². The maximum absolute atomic E-state index is 10.6. The summed E-state index contributed by atoms with van der Waals surface area (Å²) in [4.78, 5) is 19.9. The molecule has 3 N–H and O–H groups in total. The van der Waals surface area contributed by atoms with Crippen LogP contribution in [0.15, 0.2) is 0 Å². The van der Waals surface area contributed by atoms with Crippen molar-refractivity contribution in [3.8, 4) is 0 Å². The van der Waals surface area contributed by atoms with Gasteiger partial charge in [0.05, 0.1) is 12.7 Å². The summed E-state index contributed by atoms with van der Waals surface area (Å²) in [7, 11) is 4.15. The molecule has 0 amide bonds. The third kappa shape index (κ3) is 17.2. The molecule has 1 aliphatic heterocycles. The summed E-state index contributed by atoms with van der Waals surface area (Å²) in [6, 6.07) is 0. The van der Waals surface area contributed by atoms with Gasteiger partial charge in [-0.05, 0) is 40.0 Å². The fourth-order valence-electron chi connectivity index (χ4n) is 1.36. The molecule has 1 heterocycles. The highest BCUT2D eigenvalue weighted by molar-refractivity contribution is 5.73. The van der Waals surface area contributed by atoms with Crippen molar-refractivity contribution < 1.29 is 50.9 Å². The Bertz CT molecular complexity index is 385. The number of piperidine rings is 1. The lowest BCUT2D eigenvalue weighted by atomic mass is 10.1. The molecular formula is C13H22F6N2O5. The van der Waals surface area contributed by atoms with Crippen LogP contribution in [0.3, 0.4) is 0 Å². The Hall–Kier alpha value is -1.60.